The number of hydrogen-bond donors (Lipinski definition) is 2. The fourth-order valence-corrected chi connectivity index (χ4v) is 3.78. The highest BCUT2D eigenvalue weighted by atomic mass is 32.2. The molecule has 2 aromatic carbocycles. The molecule has 0 radical (unpaired) electrons. The summed E-state index contributed by atoms with van der Waals surface area (Å²) in [5.74, 6) is -0.201. The normalized spacial score (nSPS) is 11.2. The number of carbonyl (C=O) groups is 1. The molecule has 5 nitrogen and oxygen atoms in total. The van der Waals surface area contributed by atoms with Gasteiger partial charge in [-0.1, -0.05) is 36.9 Å². The summed E-state index contributed by atoms with van der Waals surface area (Å²) in [4.78, 5) is 24.1. The first-order valence-electron chi connectivity index (χ1n) is 8.58. The van der Waals surface area contributed by atoms with Crippen molar-refractivity contribution in [2.75, 3.05) is 11.1 Å². The lowest BCUT2D eigenvalue weighted by Gasteiger charge is -2.09. The largest absolute Gasteiger partial charge is 0.351 e. The molecule has 0 unspecified atom stereocenters. The number of amides is 1. The maximum Gasteiger partial charge on any atom is 0.234 e. The molecule has 2 heterocycles. The van der Waals surface area contributed by atoms with Crippen LogP contribution >= 0.6 is 11.8 Å². The fourth-order valence-electron chi connectivity index (χ4n) is 3.02. The second-order valence-corrected chi connectivity index (χ2v) is 7.03. The summed E-state index contributed by atoms with van der Waals surface area (Å²) in [5.41, 5.74) is 4.08. The second kappa shape index (κ2) is 7.36. The molecule has 0 spiro atoms. The number of thioether (sulfide) groups is 1. The molecule has 0 saturated carbocycles. The Morgan fingerprint density at radius 1 is 1.22 bits per heavy atom. The number of nitrogens with zero attached hydrogens (tertiary/aromatic N) is 2. The minimum Gasteiger partial charge on any atom is -0.351 e. The molecule has 0 bridgehead atoms. The van der Waals surface area contributed by atoms with Crippen LogP contribution in [0.15, 0.2) is 53.8 Å². The number of aromatic amines is 1. The fraction of sp³-hybridized carbons (Fsp3) is 0.150. The van der Waals surface area contributed by atoms with E-state index in [9.17, 15) is 9.18 Å². The lowest BCUT2D eigenvalue weighted by atomic mass is 10.1. The lowest BCUT2D eigenvalue weighted by Crippen LogP contribution is -2.15. The van der Waals surface area contributed by atoms with Crippen molar-refractivity contribution in [2.45, 2.75) is 18.4 Å². The van der Waals surface area contributed by atoms with Crippen LogP contribution in [0.4, 0.5) is 10.1 Å². The van der Waals surface area contributed by atoms with E-state index < -0.39 is 0 Å². The number of carbonyl (C=O) groups excluding carboxylic acids is 1. The van der Waals surface area contributed by atoms with Crippen molar-refractivity contribution in [3.05, 3.63) is 60.2 Å². The number of para-hydroxylation sites is 1. The van der Waals surface area contributed by atoms with Gasteiger partial charge in [-0.05, 0) is 36.2 Å². The van der Waals surface area contributed by atoms with Gasteiger partial charge in [0.1, 0.15) is 22.7 Å². The van der Waals surface area contributed by atoms with Crippen molar-refractivity contribution < 1.29 is 9.18 Å². The number of halogens is 1. The van der Waals surface area contributed by atoms with Crippen LogP contribution in [0.25, 0.3) is 21.9 Å². The van der Waals surface area contributed by atoms with Crippen molar-refractivity contribution in [1.29, 1.82) is 0 Å². The molecule has 0 aliphatic carbocycles. The molecule has 27 heavy (non-hydrogen) atoms. The van der Waals surface area contributed by atoms with Crippen molar-refractivity contribution in [2.24, 2.45) is 0 Å². The smallest absolute Gasteiger partial charge is 0.234 e. The highest BCUT2D eigenvalue weighted by molar-refractivity contribution is 8.00. The molecule has 0 fully saturated rings. The Morgan fingerprint density at radius 2 is 2.07 bits per heavy atom. The van der Waals surface area contributed by atoms with E-state index in [2.05, 4.69) is 27.2 Å². The minimum absolute atomic E-state index is 0.102. The van der Waals surface area contributed by atoms with Crippen LogP contribution in [0.5, 0.6) is 0 Å². The summed E-state index contributed by atoms with van der Waals surface area (Å²) in [6.45, 7) is 2.05. The molecule has 0 aliphatic rings. The molecule has 1 amide bonds. The van der Waals surface area contributed by atoms with E-state index >= 15 is 0 Å². The molecule has 4 aromatic rings. The van der Waals surface area contributed by atoms with Crippen LogP contribution in [-0.2, 0) is 11.2 Å². The Labute approximate surface area is 159 Å². The first-order valence-corrected chi connectivity index (χ1v) is 9.56. The SMILES string of the molecule is CCc1ccccc1NC(=O)CSc1ncnc2c1[nH]c1ccc(F)cc12. The van der Waals surface area contributed by atoms with Gasteiger partial charge in [-0.25, -0.2) is 14.4 Å². The van der Waals surface area contributed by atoms with Gasteiger partial charge >= 0.3 is 0 Å². The molecule has 4 rings (SSSR count). The van der Waals surface area contributed by atoms with Crippen molar-refractivity contribution in [3.8, 4) is 0 Å². The monoisotopic (exact) mass is 380 g/mol. The molecule has 0 aliphatic heterocycles. The van der Waals surface area contributed by atoms with Crippen LogP contribution in [0.1, 0.15) is 12.5 Å². The highest BCUT2D eigenvalue weighted by Gasteiger charge is 2.13. The van der Waals surface area contributed by atoms with Gasteiger partial charge in [-0.2, -0.15) is 0 Å². The zero-order chi connectivity index (χ0) is 18.8. The number of fused-ring (bicyclic) bond motifs is 3. The standard InChI is InChI=1S/C20H17FN4OS/c1-2-12-5-3-4-6-15(12)24-17(26)10-27-20-19-18(22-11-23-20)14-9-13(21)7-8-16(14)25-19/h3-9,11,25H,2,10H2,1H3,(H,24,26). The van der Waals surface area contributed by atoms with Gasteiger partial charge in [0.15, 0.2) is 0 Å². The van der Waals surface area contributed by atoms with Crippen LogP contribution < -0.4 is 5.32 Å². The third kappa shape index (κ3) is 3.50. The zero-order valence-electron chi connectivity index (χ0n) is 14.6. The van der Waals surface area contributed by atoms with E-state index in [4.69, 9.17) is 0 Å². The van der Waals surface area contributed by atoms with Gasteiger partial charge in [0.2, 0.25) is 5.91 Å². The van der Waals surface area contributed by atoms with Crippen molar-refractivity contribution in [1.82, 2.24) is 15.0 Å². The topological polar surface area (TPSA) is 70.7 Å². The van der Waals surface area contributed by atoms with E-state index in [0.29, 0.717) is 21.4 Å². The summed E-state index contributed by atoms with van der Waals surface area (Å²) in [5, 5.41) is 4.32. The first-order chi connectivity index (χ1) is 13.2. The lowest BCUT2D eigenvalue weighted by molar-refractivity contribution is -0.113. The number of aromatic nitrogens is 3. The van der Waals surface area contributed by atoms with Crippen LogP contribution in [0.2, 0.25) is 0 Å². The van der Waals surface area contributed by atoms with Crippen molar-refractivity contribution in [3.63, 3.8) is 0 Å². The average molecular weight is 380 g/mol. The molecule has 0 atom stereocenters. The molecular formula is C20H17FN4OS. The number of nitrogens with one attached hydrogen (secondary N) is 2. The van der Waals surface area contributed by atoms with E-state index in [0.717, 1.165) is 23.2 Å². The Balaban J connectivity index is 1.55. The third-order valence-electron chi connectivity index (χ3n) is 4.32. The van der Waals surface area contributed by atoms with Gasteiger partial charge in [-0.15, -0.1) is 0 Å². The van der Waals surface area contributed by atoms with E-state index in [1.807, 2.05) is 24.3 Å². The van der Waals surface area contributed by atoms with E-state index in [1.165, 1.54) is 30.2 Å². The van der Waals surface area contributed by atoms with Gasteiger partial charge < -0.3 is 10.3 Å². The zero-order valence-corrected chi connectivity index (χ0v) is 15.4. The molecule has 2 aromatic heterocycles. The molecular weight excluding hydrogens is 363 g/mol. The summed E-state index contributed by atoms with van der Waals surface area (Å²) in [6.07, 6.45) is 2.29. The van der Waals surface area contributed by atoms with E-state index in [-0.39, 0.29) is 17.5 Å². The average Bonchev–Trinajstić information content (AvgIpc) is 3.05. The minimum atomic E-state index is -0.315. The Bertz CT molecular complexity index is 1140. The molecule has 2 N–H and O–H groups in total. The predicted octanol–water partition coefficient (Wildman–Crippen LogP) is 4.54. The Morgan fingerprint density at radius 3 is 2.93 bits per heavy atom. The third-order valence-corrected chi connectivity index (χ3v) is 5.31. The Kier molecular flexibility index (Phi) is 4.77. The van der Waals surface area contributed by atoms with E-state index in [1.54, 1.807) is 6.07 Å². The van der Waals surface area contributed by atoms with Gasteiger partial charge in [-0.3, -0.25) is 4.79 Å². The predicted molar refractivity (Wildman–Crippen MR) is 107 cm³/mol. The molecule has 136 valence electrons. The van der Waals surface area contributed by atoms with Gasteiger partial charge in [0.05, 0.1) is 11.3 Å². The van der Waals surface area contributed by atoms with Crippen LogP contribution in [-0.4, -0.2) is 26.6 Å². The summed E-state index contributed by atoms with van der Waals surface area (Å²) in [6, 6.07) is 12.3. The number of anilines is 1. The maximum absolute atomic E-state index is 13.5. The summed E-state index contributed by atoms with van der Waals surface area (Å²) < 4.78 is 13.5. The summed E-state index contributed by atoms with van der Waals surface area (Å²) >= 11 is 1.32. The number of benzene rings is 2. The summed E-state index contributed by atoms with van der Waals surface area (Å²) in [7, 11) is 0. The number of H-pyrrole nitrogens is 1. The van der Waals surface area contributed by atoms with Crippen molar-refractivity contribution >= 4 is 45.3 Å². The highest BCUT2D eigenvalue weighted by Crippen LogP contribution is 2.30. The number of rotatable bonds is 5. The van der Waals surface area contributed by atoms with Crippen LogP contribution in [0.3, 0.4) is 0 Å². The Hall–Kier alpha value is -2.93. The first kappa shape index (κ1) is 17.5. The molecule has 0 saturated heterocycles. The second-order valence-electron chi connectivity index (χ2n) is 6.06. The van der Waals surface area contributed by atoms with Gasteiger partial charge in [0, 0.05) is 16.6 Å². The number of aryl methyl sites for hydroxylation is 1. The maximum atomic E-state index is 13.5. The quantitative estimate of drug-likeness (QED) is 0.394. The molecule has 7 heteroatoms. The van der Waals surface area contributed by atoms with Crippen LogP contribution in [0, 0.1) is 5.82 Å². The number of hydrogen-bond acceptors (Lipinski definition) is 4. The van der Waals surface area contributed by atoms with Gasteiger partial charge in [0.25, 0.3) is 0 Å².